The average Bonchev–Trinajstić information content (AvgIpc) is 2.30. The van der Waals surface area contributed by atoms with E-state index in [1.807, 2.05) is 36.4 Å². The third-order valence-corrected chi connectivity index (χ3v) is 2.45. The summed E-state index contributed by atoms with van der Waals surface area (Å²) in [5.41, 5.74) is 8.63. The summed E-state index contributed by atoms with van der Waals surface area (Å²) < 4.78 is 0. The van der Waals surface area contributed by atoms with Crippen LogP contribution in [-0.4, -0.2) is 4.98 Å². The Morgan fingerprint density at radius 1 is 1.06 bits per heavy atom. The van der Waals surface area contributed by atoms with Crippen molar-refractivity contribution < 1.29 is 0 Å². The third-order valence-electron chi connectivity index (χ3n) is 2.20. The van der Waals surface area contributed by atoms with E-state index in [0.717, 1.165) is 21.8 Å². The molecule has 0 saturated carbocycles. The van der Waals surface area contributed by atoms with Gasteiger partial charge in [0, 0.05) is 23.3 Å². The van der Waals surface area contributed by atoms with Crippen molar-refractivity contribution in [2.75, 3.05) is 0 Å². The Bertz CT molecular complexity index is 458. The molecule has 1 aromatic carbocycles. The summed E-state index contributed by atoms with van der Waals surface area (Å²) in [5.74, 6) is 0. The van der Waals surface area contributed by atoms with E-state index in [0.29, 0.717) is 6.54 Å². The van der Waals surface area contributed by atoms with Crippen LogP contribution in [0.25, 0.3) is 11.3 Å². The van der Waals surface area contributed by atoms with Gasteiger partial charge in [-0.15, -0.1) is 24.8 Å². The molecule has 2 rings (SSSR count). The molecule has 0 atom stereocenters. The zero-order valence-electron chi connectivity index (χ0n) is 8.97. The molecule has 0 radical (unpaired) electrons. The van der Waals surface area contributed by atoms with E-state index >= 15 is 0 Å². The van der Waals surface area contributed by atoms with E-state index in [1.54, 1.807) is 6.20 Å². The Labute approximate surface area is 118 Å². The monoisotopic (exact) mass is 290 g/mol. The van der Waals surface area contributed by atoms with Crippen molar-refractivity contribution in [2.24, 2.45) is 5.73 Å². The number of hydrogen-bond acceptors (Lipinski definition) is 2. The predicted octanol–water partition coefficient (Wildman–Crippen LogP) is 3.70. The second-order valence-electron chi connectivity index (χ2n) is 3.26. The van der Waals surface area contributed by atoms with Crippen LogP contribution in [-0.2, 0) is 6.54 Å². The Morgan fingerprint density at radius 2 is 1.71 bits per heavy atom. The molecule has 1 heterocycles. The molecule has 0 spiro atoms. The highest BCUT2D eigenvalue weighted by Gasteiger charge is 1.99. The van der Waals surface area contributed by atoms with Crippen molar-refractivity contribution in [3.63, 3.8) is 0 Å². The van der Waals surface area contributed by atoms with Gasteiger partial charge in [0.2, 0.25) is 0 Å². The van der Waals surface area contributed by atoms with Crippen molar-refractivity contribution in [3.05, 3.63) is 53.2 Å². The molecular formula is C12H13Cl3N2. The zero-order valence-corrected chi connectivity index (χ0v) is 11.4. The van der Waals surface area contributed by atoms with Crippen molar-refractivity contribution >= 4 is 36.4 Å². The molecule has 2 N–H and O–H groups in total. The molecule has 0 amide bonds. The summed E-state index contributed by atoms with van der Waals surface area (Å²) in [4.78, 5) is 4.29. The number of benzene rings is 1. The summed E-state index contributed by atoms with van der Waals surface area (Å²) in [5, 5.41) is 0.730. The second kappa shape index (κ2) is 7.51. The molecule has 0 bridgehead atoms. The first-order chi connectivity index (χ1) is 7.29. The minimum atomic E-state index is 0. The van der Waals surface area contributed by atoms with Crippen molar-refractivity contribution in [3.8, 4) is 11.3 Å². The van der Waals surface area contributed by atoms with E-state index in [2.05, 4.69) is 4.98 Å². The van der Waals surface area contributed by atoms with E-state index in [-0.39, 0.29) is 24.8 Å². The molecule has 0 fully saturated rings. The van der Waals surface area contributed by atoms with E-state index in [1.165, 1.54) is 0 Å². The Kier molecular flexibility index (Phi) is 7.16. The normalized spacial score (nSPS) is 9.06. The maximum absolute atomic E-state index is 5.82. The molecule has 0 aliphatic rings. The largest absolute Gasteiger partial charge is 0.326 e. The van der Waals surface area contributed by atoms with Crippen LogP contribution in [0.2, 0.25) is 5.02 Å². The molecule has 17 heavy (non-hydrogen) atoms. The van der Waals surface area contributed by atoms with Gasteiger partial charge in [0.15, 0.2) is 0 Å². The quantitative estimate of drug-likeness (QED) is 0.916. The first kappa shape index (κ1) is 16.2. The number of nitrogens with zero attached hydrogens (tertiary/aromatic N) is 1. The maximum atomic E-state index is 5.82. The molecule has 0 aliphatic carbocycles. The molecule has 92 valence electrons. The van der Waals surface area contributed by atoms with Crippen LogP contribution >= 0.6 is 36.4 Å². The first-order valence-corrected chi connectivity index (χ1v) is 5.08. The minimum absolute atomic E-state index is 0. The number of hydrogen-bond donors (Lipinski definition) is 1. The number of halogens is 3. The Hall–Kier alpha value is -0.800. The topological polar surface area (TPSA) is 38.9 Å². The summed E-state index contributed by atoms with van der Waals surface area (Å²) in [7, 11) is 0. The van der Waals surface area contributed by atoms with Crippen LogP contribution in [0.1, 0.15) is 5.56 Å². The fourth-order valence-corrected chi connectivity index (χ4v) is 1.51. The zero-order chi connectivity index (χ0) is 10.7. The van der Waals surface area contributed by atoms with Gasteiger partial charge in [-0.3, -0.25) is 4.98 Å². The Balaban J connectivity index is 0.00000128. The molecule has 5 heteroatoms. The van der Waals surface area contributed by atoms with Gasteiger partial charge >= 0.3 is 0 Å². The van der Waals surface area contributed by atoms with E-state index in [9.17, 15) is 0 Å². The minimum Gasteiger partial charge on any atom is -0.326 e. The molecule has 0 aliphatic heterocycles. The average molecular weight is 292 g/mol. The summed E-state index contributed by atoms with van der Waals surface area (Å²) in [6.45, 7) is 0.531. The Morgan fingerprint density at radius 3 is 2.29 bits per heavy atom. The van der Waals surface area contributed by atoms with Crippen molar-refractivity contribution in [2.45, 2.75) is 6.54 Å². The van der Waals surface area contributed by atoms with Crippen LogP contribution in [0.5, 0.6) is 0 Å². The number of pyridine rings is 1. The fourth-order valence-electron chi connectivity index (χ4n) is 1.38. The summed E-state index contributed by atoms with van der Waals surface area (Å²) >= 11 is 5.82. The molecule has 2 aromatic rings. The summed E-state index contributed by atoms with van der Waals surface area (Å²) in [6.07, 6.45) is 1.77. The molecule has 2 nitrogen and oxygen atoms in total. The van der Waals surface area contributed by atoms with Gasteiger partial charge in [0.1, 0.15) is 0 Å². The van der Waals surface area contributed by atoms with Gasteiger partial charge in [0.05, 0.1) is 5.69 Å². The first-order valence-electron chi connectivity index (χ1n) is 4.70. The highest BCUT2D eigenvalue weighted by atomic mass is 35.5. The maximum Gasteiger partial charge on any atom is 0.0705 e. The third kappa shape index (κ3) is 4.17. The second-order valence-corrected chi connectivity index (χ2v) is 3.70. The van der Waals surface area contributed by atoms with Crippen LogP contribution in [0, 0.1) is 0 Å². The molecule has 0 unspecified atom stereocenters. The molecular weight excluding hydrogens is 279 g/mol. The van der Waals surface area contributed by atoms with Gasteiger partial charge in [0.25, 0.3) is 0 Å². The lowest BCUT2D eigenvalue weighted by Crippen LogP contribution is -1.96. The van der Waals surface area contributed by atoms with Crippen LogP contribution in [0.4, 0.5) is 0 Å². The number of rotatable bonds is 2. The van der Waals surface area contributed by atoms with E-state index < -0.39 is 0 Å². The van der Waals surface area contributed by atoms with Crippen LogP contribution < -0.4 is 5.73 Å². The van der Waals surface area contributed by atoms with Gasteiger partial charge in [-0.2, -0.15) is 0 Å². The van der Waals surface area contributed by atoms with E-state index in [4.69, 9.17) is 17.3 Å². The van der Waals surface area contributed by atoms with Gasteiger partial charge < -0.3 is 5.73 Å². The lowest BCUT2D eigenvalue weighted by atomic mass is 10.1. The SMILES string of the molecule is Cl.Cl.NCc1ccnc(-c2ccc(Cl)cc2)c1. The van der Waals surface area contributed by atoms with Gasteiger partial charge in [-0.1, -0.05) is 23.7 Å². The van der Waals surface area contributed by atoms with Gasteiger partial charge in [-0.05, 0) is 29.8 Å². The number of nitrogens with two attached hydrogens (primary N) is 1. The smallest absolute Gasteiger partial charge is 0.0705 e. The van der Waals surface area contributed by atoms with Crippen molar-refractivity contribution in [1.82, 2.24) is 4.98 Å². The molecule has 1 aromatic heterocycles. The molecule has 0 saturated heterocycles. The lowest BCUT2D eigenvalue weighted by Gasteiger charge is -2.02. The predicted molar refractivity (Wildman–Crippen MR) is 77.1 cm³/mol. The fraction of sp³-hybridized carbons (Fsp3) is 0.0833. The highest BCUT2D eigenvalue weighted by Crippen LogP contribution is 2.19. The van der Waals surface area contributed by atoms with Crippen molar-refractivity contribution in [1.29, 1.82) is 0 Å². The standard InChI is InChI=1S/C12H11ClN2.2ClH/c13-11-3-1-10(2-4-11)12-7-9(8-14)5-6-15-12;;/h1-7H,8,14H2;2*1H. The van der Waals surface area contributed by atoms with Gasteiger partial charge in [-0.25, -0.2) is 0 Å². The van der Waals surface area contributed by atoms with Crippen LogP contribution in [0.3, 0.4) is 0 Å². The lowest BCUT2D eigenvalue weighted by molar-refractivity contribution is 1.06. The summed E-state index contributed by atoms with van der Waals surface area (Å²) in [6, 6.07) is 11.5. The highest BCUT2D eigenvalue weighted by molar-refractivity contribution is 6.30. The van der Waals surface area contributed by atoms with Crippen LogP contribution in [0.15, 0.2) is 42.6 Å². The number of aromatic nitrogens is 1.